The monoisotopic (exact) mass is 402 g/mol. The molecule has 5 rings (SSSR count). The van der Waals surface area contributed by atoms with Crippen molar-refractivity contribution in [2.24, 2.45) is 5.73 Å². The van der Waals surface area contributed by atoms with Gasteiger partial charge in [0.05, 0.1) is 11.2 Å². The first-order chi connectivity index (χ1) is 14.2. The van der Waals surface area contributed by atoms with Crippen LogP contribution in [0, 0.1) is 18.6 Å². The lowest BCUT2D eigenvalue weighted by Gasteiger charge is -2.22. The van der Waals surface area contributed by atoms with Crippen LogP contribution in [-0.2, 0) is 5.41 Å². The van der Waals surface area contributed by atoms with Crippen LogP contribution < -0.4 is 5.73 Å². The molecule has 0 atom stereocenters. The smallest absolute Gasteiger partial charge is 0.248 e. The van der Waals surface area contributed by atoms with Crippen molar-refractivity contribution in [1.29, 1.82) is 0 Å². The maximum atomic E-state index is 15.6. The molecule has 1 aliphatic carbocycles. The van der Waals surface area contributed by atoms with Gasteiger partial charge in [0, 0.05) is 27.5 Å². The van der Waals surface area contributed by atoms with Crippen molar-refractivity contribution in [2.45, 2.75) is 26.2 Å². The fraction of sp³-hybridized carbons (Fsp3) is 0.160. The van der Waals surface area contributed by atoms with Gasteiger partial charge in [-0.05, 0) is 53.4 Å². The van der Waals surface area contributed by atoms with Crippen molar-refractivity contribution in [3.63, 3.8) is 0 Å². The van der Waals surface area contributed by atoms with Crippen LogP contribution in [0.3, 0.4) is 0 Å². The number of nitrogens with two attached hydrogens (primary N) is 1. The van der Waals surface area contributed by atoms with E-state index in [4.69, 9.17) is 5.73 Å². The molecule has 1 heterocycles. The number of carbonyl (C=O) groups is 1. The van der Waals surface area contributed by atoms with Gasteiger partial charge in [0.2, 0.25) is 5.91 Å². The van der Waals surface area contributed by atoms with Gasteiger partial charge < -0.3 is 10.7 Å². The number of amides is 1. The van der Waals surface area contributed by atoms with Crippen LogP contribution in [0.25, 0.3) is 33.3 Å². The van der Waals surface area contributed by atoms with E-state index in [0.717, 1.165) is 27.8 Å². The first-order valence-corrected chi connectivity index (χ1v) is 9.76. The number of benzene rings is 3. The number of hydrogen-bond donors (Lipinski definition) is 2. The number of carbonyl (C=O) groups excluding carboxylic acids is 1. The quantitative estimate of drug-likeness (QED) is 0.436. The third-order valence-electron chi connectivity index (χ3n) is 6.25. The maximum absolute atomic E-state index is 15.6. The van der Waals surface area contributed by atoms with Gasteiger partial charge >= 0.3 is 0 Å². The molecule has 0 radical (unpaired) electrons. The van der Waals surface area contributed by atoms with E-state index in [1.807, 2.05) is 18.2 Å². The molecule has 1 amide bonds. The van der Waals surface area contributed by atoms with Crippen LogP contribution >= 0.6 is 0 Å². The zero-order valence-corrected chi connectivity index (χ0v) is 16.9. The second-order valence-electron chi connectivity index (χ2n) is 8.44. The fourth-order valence-electron chi connectivity index (χ4n) is 4.68. The molecule has 0 unspecified atom stereocenters. The van der Waals surface area contributed by atoms with Crippen LogP contribution in [0.15, 0.2) is 48.5 Å². The molecule has 3 N–H and O–H groups in total. The van der Waals surface area contributed by atoms with Gasteiger partial charge in [-0.1, -0.05) is 38.1 Å². The minimum atomic E-state index is -0.473. The highest BCUT2D eigenvalue weighted by Crippen LogP contribution is 2.52. The van der Waals surface area contributed by atoms with Gasteiger partial charge in [-0.2, -0.15) is 0 Å². The number of fused-ring (bicyclic) bond motifs is 5. The van der Waals surface area contributed by atoms with E-state index in [0.29, 0.717) is 27.8 Å². The summed E-state index contributed by atoms with van der Waals surface area (Å²) in [6.45, 7) is 5.79. The van der Waals surface area contributed by atoms with Crippen LogP contribution in [0.1, 0.15) is 40.9 Å². The summed E-state index contributed by atoms with van der Waals surface area (Å²) in [6.07, 6.45) is 0. The normalized spacial score (nSPS) is 14.0. The molecule has 0 spiro atoms. The Balaban J connectivity index is 1.75. The van der Waals surface area contributed by atoms with Crippen LogP contribution in [0.2, 0.25) is 0 Å². The molecule has 1 aromatic heterocycles. The molecule has 30 heavy (non-hydrogen) atoms. The van der Waals surface area contributed by atoms with Gasteiger partial charge in [-0.3, -0.25) is 4.79 Å². The number of aryl methyl sites for hydroxylation is 1. The van der Waals surface area contributed by atoms with E-state index in [1.165, 1.54) is 6.07 Å². The molecule has 0 saturated heterocycles. The minimum absolute atomic E-state index is 0.312. The molecule has 0 aliphatic heterocycles. The van der Waals surface area contributed by atoms with Gasteiger partial charge in [0.25, 0.3) is 0 Å². The van der Waals surface area contributed by atoms with E-state index in [1.54, 1.807) is 31.2 Å². The van der Waals surface area contributed by atoms with Crippen molar-refractivity contribution in [3.8, 4) is 22.4 Å². The lowest BCUT2D eigenvalue weighted by Crippen LogP contribution is -2.17. The SMILES string of the molecule is Cc1cc(-c2ccc3c4c([nH]c3c2F)-c2ccc(C(N)=O)cc2C4(C)C)ccc1F. The lowest BCUT2D eigenvalue weighted by molar-refractivity contribution is 0.1000. The summed E-state index contributed by atoms with van der Waals surface area (Å²) in [4.78, 5) is 14.9. The highest BCUT2D eigenvalue weighted by atomic mass is 19.1. The summed E-state index contributed by atoms with van der Waals surface area (Å²) >= 11 is 0. The summed E-state index contributed by atoms with van der Waals surface area (Å²) in [7, 11) is 0. The predicted molar refractivity (Wildman–Crippen MR) is 114 cm³/mol. The van der Waals surface area contributed by atoms with Gasteiger partial charge in [0.1, 0.15) is 5.82 Å². The van der Waals surface area contributed by atoms with E-state index in [2.05, 4.69) is 18.8 Å². The van der Waals surface area contributed by atoms with Gasteiger partial charge in [0.15, 0.2) is 5.82 Å². The fourth-order valence-corrected chi connectivity index (χ4v) is 4.68. The van der Waals surface area contributed by atoms with Crippen molar-refractivity contribution >= 4 is 16.8 Å². The third kappa shape index (κ3) is 2.38. The summed E-state index contributed by atoms with van der Waals surface area (Å²) in [5.41, 5.74) is 11.2. The first kappa shape index (κ1) is 18.6. The molecule has 0 bridgehead atoms. The number of aromatic nitrogens is 1. The summed E-state index contributed by atoms with van der Waals surface area (Å²) in [6, 6.07) is 13.6. The molecule has 150 valence electrons. The minimum Gasteiger partial charge on any atom is -0.366 e. The van der Waals surface area contributed by atoms with Crippen molar-refractivity contribution in [1.82, 2.24) is 4.98 Å². The Bertz CT molecular complexity index is 1380. The largest absolute Gasteiger partial charge is 0.366 e. The zero-order valence-electron chi connectivity index (χ0n) is 16.9. The lowest BCUT2D eigenvalue weighted by atomic mass is 9.81. The van der Waals surface area contributed by atoms with Crippen LogP contribution in [0.5, 0.6) is 0 Å². The van der Waals surface area contributed by atoms with Crippen LogP contribution in [0.4, 0.5) is 8.78 Å². The highest BCUT2D eigenvalue weighted by Gasteiger charge is 2.39. The standard InChI is InChI=1S/C25H20F2N2O/c1-12-10-13(5-9-19(12)26)15-7-8-17-20-22(29-23(17)21(15)27)16-6-4-14(24(28)30)11-18(16)25(20,2)3/h4-11,29H,1-3H3,(H2,28,30). The highest BCUT2D eigenvalue weighted by molar-refractivity contribution is 6.00. The number of aromatic amines is 1. The topological polar surface area (TPSA) is 58.9 Å². The third-order valence-corrected chi connectivity index (χ3v) is 6.25. The molecule has 4 aromatic rings. The number of halogens is 2. The first-order valence-electron chi connectivity index (χ1n) is 9.76. The second-order valence-corrected chi connectivity index (χ2v) is 8.44. The predicted octanol–water partition coefficient (Wildman–Crippen LogP) is 5.83. The second kappa shape index (κ2) is 6.02. The molecule has 0 saturated carbocycles. The summed E-state index contributed by atoms with van der Waals surface area (Å²) in [5.74, 6) is -1.15. The Kier molecular flexibility index (Phi) is 3.72. The van der Waals surface area contributed by atoms with E-state index < -0.39 is 11.3 Å². The molecule has 3 nitrogen and oxygen atoms in total. The van der Waals surface area contributed by atoms with E-state index in [-0.39, 0.29) is 11.6 Å². The average molecular weight is 402 g/mol. The Hall–Kier alpha value is -3.47. The number of nitrogens with one attached hydrogen (secondary N) is 1. The summed E-state index contributed by atoms with van der Waals surface area (Å²) in [5, 5.41) is 0.798. The van der Waals surface area contributed by atoms with Crippen LogP contribution in [-0.4, -0.2) is 10.9 Å². The molecule has 0 fully saturated rings. The summed E-state index contributed by atoms with van der Waals surface area (Å²) < 4.78 is 29.2. The molecule has 1 aliphatic rings. The van der Waals surface area contributed by atoms with Gasteiger partial charge in [-0.25, -0.2) is 8.78 Å². The molecular weight excluding hydrogens is 382 g/mol. The van der Waals surface area contributed by atoms with E-state index in [9.17, 15) is 9.18 Å². The average Bonchev–Trinajstić information content (AvgIpc) is 3.20. The van der Waals surface area contributed by atoms with E-state index >= 15 is 4.39 Å². The molecule has 3 aromatic carbocycles. The van der Waals surface area contributed by atoms with Crippen molar-refractivity contribution in [2.75, 3.05) is 0 Å². The van der Waals surface area contributed by atoms with Crippen molar-refractivity contribution in [3.05, 3.63) is 82.4 Å². The number of primary amides is 1. The maximum Gasteiger partial charge on any atom is 0.248 e. The molecular formula is C25H20F2N2O. The van der Waals surface area contributed by atoms with Gasteiger partial charge in [-0.15, -0.1) is 0 Å². The Morgan fingerprint density at radius 2 is 1.73 bits per heavy atom. The molecule has 5 heteroatoms. The van der Waals surface area contributed by atoms with Crippen molar-refractivity contribution < 1.29 is 13.6 Å². The Labute approximate surface area is 172 Å². The Morgan fingerprint density at radius 3 is 2.43 bits per heavy atom. The zero-order chi connectivity index (χ0) is 21.4. The number of hydrogen-bond acceptors (Lipinski definition) is 1. The Morgan fingerprint density at radius 1 is 1.00 bits per heavy atom. The number of rotatable bonds is 2. The number of H-pyrrole nitrogens is 1.